The third-order valence-electron chi connectivity index (χ3n) is 1.70. The number of rotatable bonds is 3. The van der Waals surface area contributed by atoms with Gasteiger partial charge in [-0.3, -0.25) is 10.2 Å². The van der Waals surface area contributed by atoms with Gasteiger partial charge in [-0.1, -0.05) is 26.8 Å². The van der Waals surface area contributed by atoms with Gasteiger partial charge in [0.2, 0.25) is 0 Å². The standard InChI is InChI=1S/C11H22N2O/c1-9(7-8-11(2,3)4)10(14)12-13(5)6/h7H,8H2,1-6H3,(H,12,14). The maximum absolute atomic E-state index is 11.4. The van der Waals surface area contributed by atoms with Gasteiger partial charge in [0.25, 0.3) is 5.91 Å². The van der Waals surface area contributed by atoms with Gasteiger partial charge in [0.15, 0.2) is 0 Å². The first-order chi connectivity index (χ1) is 6.22. The number of carbonyl (C=O) groups excluding carboxylic acids is 1. The van der Waals surface area contributed by atoms with Gasteiger partial charge in [-0.05, 0) is 18.8 Å². The summed E-state index contributed by atoms with van der Waals surface area (Å²) in [6, 6.07) is 0. The van der Waals surface area contributed by atoms with Crippen LogP contribution in [-0.4, -0.2) is 25.0 Å². The van der Waals surface area contributed by atoms with E-state index >= 15 is 0 Å². The number of nitrogens with one attached hydrogen (secondary N) is 1. The van der Waals surface area contributed by atoms with Crippen molar-refractivity contribution in [3.63, 3.8) is 0 Å². The lowest BCUT2D eigenvalue weighted by Gasteiger charge is -2.16. The van der Waals surface area contributed by atoms with Gasteiger partial charge in [0, 0.05) is 19.7 Å². The summed E-state index contributed by atoms with van der Waals surface area (Å²) in [7, 11) is 3.60. The Morgan fingerprint density at radius 3 is 2.21 bits per heavy atom. The Hall–Kier alpha value is -0.830. The quantitative estimate of drug-likeness (QED) is 0.555. The predicted octanol–water partition coefficient (Wildman–Crippen LogP) is 1.96. The van der Waals surface area contributed by atoms with E-state index in [0.29, 0.717) is 0 Å². The van der Waals surface area contributed by atoms with E-state index in [-0.39, 0.29) is 11.3 Å². The molecule has 3 nitrogen and oxygen atoms in total. The fourth-order valence-corrected chi connectivity index (χ4v) is 0.843. The lowest BCUT2D eigenvalue weighted by Crippen LogP contribution is -2.36. The van der Waals surface area contributed by atoms with E-state index in [1.165, 1.54) is 0 Å². The van der Waals surface area contributed by atoms with Crippen LogP contribution in [0.5, 0.6) is 0 Å². The Morgan fingerprint density at radius 2 is 1.86 bits per heavy atom. The van der Waals surface area contributed by atoms with E-state index in [2.05, 4.69) is 26.2 Å². The lowest BCUT2D eigenvalue weighted by molar-refractivity contribution is -0.121. The number of hydrogen-bond acceptors (Lipinski definition) is 2. The summed E-state index contributed by atoms with van der Waals surface area (Å²) < 4.78 is 0. The zero-order valence-electron chi connectivity index (χ0n) is 10.1. The van der Waals surface area contributed by atoms with Crippen LogP contribution in [-0.2, 0) is 4.79 Å². The second kappa shape index (κ2) is 5.15. The number of hydrogen-bond donors (Lipinski definition) is 1. The molecule has 0 aliphatic rings. The molecule has 0 fully saturated rings. The molecule has 0 rings (SSSR count). The molecular formula is C11H22N2O. The van der Waals surface area contributed by atoms with E-state index in [1.807, 2.05) is 13.0 Å². The summed E-state index contributed by atoms with van der Waals surface area (Å²) in [5, 5.41) is 1.65. The Labute approximate surface area is 87.1 Å². The van der Waals surface area contributed by atoms with E-state index in [4.69, 9.17) is 0 Å². The van der Waals surface area contributed by atoms with Crippen molar-refractivity contribution >= 4 is 5.91 Å². The summed E-state index contributed by atoms with van der Waals surface area (Å²) in [6.45, 7) is 8.30. The molecule has 0 atom stereocenters. The molecule has 0 unspecified atom stereocenters. The molecule has 14 heavy (non-hydrogen) atoms. The largest absolute Gasteiger partial charge is 0.286 e. The molecule has 0 bridgehead atoms. The number of hydrazine groups is 1. The zero-order valence-corrected chi connectivity index (χ0v) is 10.1. The van der Waals surface area contributed by atoms with E-state index in [0.717, 1.165) is 12.0 Å². The number of allylic oxidation sites excluding steroid dienone is 1. The minimum absolute atomic E-state index is 0.0285. The molecule has 1 amide bonds. The molecule has 0 aliphatic heterocycles. The van der Waals surface area contributed by atoms with Crippen LogP contribution >= 0.6 is 0 Å². The van der Waals surface area contributed by atoms with Gasteiger partial charge in [-0.25, -0.2) is 5.01 Å². The fourth-order valence-electron chi connectivity index (χ4n) is 0.843. The fraction of sp³-hybridized carbons (Fsp3) is 0.727. The molecule has 0 spiro atoms. The average molecular weight is 198 g/mol. The third kappa shape index (κ3) is 6.66. The molecular weight excluding hydrogens is 176 g/mol. The molecule has 0 radical (unpaired) electrons. The van der Waals surface area contributed by atoms with Crippen molar-refractivity contribution in [3.05, 3.63) is 11.6 Å². The monoisotopic (exact) mass is 198 g/mol. The molecule has 0 saturated heterocycles. The van der Waals surface area contributed by atoms with Crippen molar-refractivity contribution in [2.75, 3.05) is 14.1 Å². The Bertz CT molecular complexity index is 224. The first-order valence-electron chi connectivity index (χ1n) is 4.87. The molecule has 3 heteroatoms. The van der Waals surface area contributed by atoms with E-state index in [9.17, 15) is 4.79 Å². The smallest absolute Gasteiger partial charge is 0.260 e. The molecule has 0 aromatic carbocycles. The highest BCUT2D eigenvalue weighted by Gasteiger charge is 2.10. The van der Waals surface area contributed by atoms with Gasteiger partial charge < -0.3 is 0 Å². The molecule has 0 heterocycles. The summed E-state index contributed by atoms with van der Waals surface area (Å²) in [6.07, 6.45) is 2.90. The second-order valence-electron chi connectivity index (χ2n) is 4.99. The first-order valence-corrected chi connectivity index (χ1v) is 4.87. The highest BCUT2D eigenvalue weighted by Crippen LogP contribution is 2.19. The van der Waals surface area contributed by atoms with Gasteiger partial charge >= 0.3 is 0 Å². The minimum Gasteiger partial charge on any atom is -0.286 e. The molecule has 0 aromatic rings. The Morgan fingerprint density at radius 1 is 1.36 bits per heavy atom. The van der Waals surface area contributed by atoms with E-state index < -0.39 is 0 Å². The van der Waals surface area contributed by atoms with Crippen molar-refractivity contribution < 1.29 is 4.79 Å². The molecule has 82 valence electrons. The molecule has 0 aromatic heterocycles. The van der Waals surface area contributed by atoms with Crippen molar-refractivity contribution in [3.8, 4) is 0 Å². The SMILES string of the molecule is CC(=CCC(C)(C)C)C(=O)NN(C)C. The van der Waals surface area contributed by atoms with Crippen LogP contribution in [0.1, 0.15) is 34.1 Å². The van der Waals surface area contributed by atoms with Crippen LogP contribution < -0.4 is 5.43 Å². The van der Waals surface area contributed by atoms with Crippen LogP contribution in [0.4, 0.5) is 0 Å². The predicted molar refractivity (Wildman–Crippen MR) is 59.7 cm³/mol. The highest BCUT2D eigenvalue weighted by molar-refractivity contribution is 5.92. The first kappa shape index (κ1) is 13.2. The van der Waals surface area contributed by atoms with Crippen LogP contribution in [0, 0.1) is 5.41 Å². The Balaban J connectivity index is 4.18. The third-order valence-corrected chi connectivity index (χ3v) is 1.70. The van der Waals surface area contributed by atoms with Crippen molar-refractivity contribution in [1.29, 1.82) is 0 Å². The number of amides is 1. The van der Waals surface area contributed by atoms with Crippen molar-refractivity contribution in [2.45, 2.75) is 34.1 Å². The normalized spacial score (nSPS) is 13.2. The van der Waals surface area contributed by atoms with Crippen LogP contribution in [0.15, 0.2) is 11.6 Å². The minimum atomic E-state index is -0.0285. The van der Waals surface area contributed by atoms with Gasteiger partial charge in [-0.2, -0.15) is 0 Å². The topological polar surface area (TPSA) is 32.3 Å². The summed E-state index contributed by atoms with van der Waals surface area (Å²) in [5.41, 5.74) is 3.71. The van der Waals surface area contributed by atoms with E-state index in [1.54, 1.807) is 19.1 Å². The summed E-state index contributed by atoms with van der Waals surface area (Å²) in [4.78, 5) is 11.4. The van der Waals surface area contributed by atoms with Crippen LogP contribution in [0.3, 0.4) is 0 Å². The number of nitrogens with zero attached hydrogens (tertiary/aromatic N) is 1. The van der Waals surface area contributed by atoms with Gasteiger partial charge in [-0.15, -0.1) is 0 Å². The zero-order chi connectivity index (χ0) is 11.4. The van der Waals surface area contributed by atoms with Crippen molar-refractivity contribution in [1.82, 2.24) is 10.4 Å². The molecule has 0 aliphatic carbocycles. The maximum Gasteiger partial charge on any atom is 0.260 e. The number of carbonyl (C=O) groups is 1. The average Bonchev–Trinajstić information content (AvgIpc) is 1.97. The van der Waals surface area contributed by atoms with Crippen LogP contribution in [0.25, 0.3) is 0 Å². The van der Waals surface area contributed by atoms with Gasteiger partial charge in [0.1, 0.15) is 0 Å². The lowest BCUT2D eigenvalue weighted by atomic mass is 9.91. The highest BCUT2D eigenvalue weighted by atomic mass is 16.2. The Kier molecular flexibility index (Phi) is 4.85. The van der Waals surface area contributed by atoms with Gasteiger partial charge in [0.05, 0.1) is 0 Å². The molecule has 0 saturated carbocycles. The van der Waals surface area contributed by atoms with Crippen LogP contribution in [0.2, 0.25) is 0 Å². The summed E-state index contributed by atoms with van der Waals surface area (Å²) in [5.74, 6) is -0.0285. The maximum atomic E-state index is 11.4. The van der Waals surface area contributed by atoms with Crippen molar-refractivity contribution in [2.24, 2.45) is 5.41 Å². The molecule has 1 N–H and O–H groups in total. The summed E-state index contributed by atoms with van der Waals surface area (Å²) >= 11 is 0. The second-order valence-corrected chi connectivity index (χ2v) is 4.99.